The highest BCUT2D eigenvalue weighted by Crippen LogP contribution is 2.31. The largest absolute Gasteiger partial charge is 0.443 e. The van der Waals surface area contributed by atoms with Gasteiger partial charge in [0.15, 0.2) is 5.65 Å². The van der Waals surface area contributed by atoms with Crippen molar-refractivity contribution in [1.82, 2.24) is 14.8 Å². The second-order valence-corrected chi connectivity index (χ2v) is 7.72. The van der Waals surface area contributed by atoms with Crippen molar-refractivity contribution in [3.05, 3.63) is 53.7 Å². The van der Waals surface area contributed by atoms with Crippen molar-refractivity contribution in [1.29, 1.82) is 0 Å². The minimum absolute atomic E-state index is 0.119. The lowest BCUT2D eigenvalue weighted by molar-refractivity contribution is -0.278. The van der Waals surface area contributed by atoms with E-state index < -0.39 is 37.3 Å². The second-order valence-electron chi connectivity index (χ2n) is 7.72. The zero-order valence-corrected chi connectivity index (χ0v) is 17.4. The summed E-state index contributed by atoms with van der Waals surface area (Å²) < 4.78 is 12.8. The van der Waals surface area contributed by atoms with Crippen LogP contribution in [-0.4, -0.2) is 84.2 Å². The van der Waals surface area contributed by atoms with Gasteiger partial charge in [-0.15, -0.1) is 5.10 Å². The molecule has 1 aromatic carbocycles. The summed E-state index contributed by atoms with van der Waals surface area (Å²) in [5.41, 5.74) is 2.57. The first kappa shape index (κ1) is 22.6. The summed E-state index contributed by atoms with van der Waals surface area (Å²) >= 11 is 0. The van der Waals surface area contributed by atoms with Gasteiger partial charge < -0.3 is 35.0 Å². The number of pyridine rings is 1. The molecule has 32 heavy (non-hydrogen) atoms. The van der Waals surface area contributed by atoms with Gasteiger partial charge in [-0.2, -0.15) is 0 Å². The highest BCUT2D eigenvalue weighted by Gasteiger charge is 2.45. The third-order valence-corrected chi connectivity index (χ3v) is 5.60. The van der Waals surface area contributed by atoms with E-state index in [-0.39, 0.29) is 19.0 Å². The van der Waals surface area contributed by atoms with Crippen LogP contribution in [0.5, 0.6) is 5.88 Å². The predicted octanol–water partition coefficient (Wildman–Crippen LogP) is -0.612. The summed E-state index contributed by atoms with van der Waals surface area (Å²) in [5, 5.41) is 54.3. The fraction of sp³-hybridized carbons (Fsp3) is 0.455. The van der Waals surface area contributed by atoms with E-state index in [4.69, 9.17) is 9.47 Å². The van der Waals surface area contributed by atoms with Gasteiger partial charge >= 0.3 is 0 Å². The molecule has 0 amide bonds. The molecule has 0 saturated carbocycles. The summed E-state index contributed by atoms with van der Waals surface area (Å²) in [5.74, 6) is 0.119. The van der Waals surface area contributed by atoms with Gasteiger partial charge in [-0.05, 0) is 30.0 Å². The standard InChI is InChI=1S/C22H27N3O7/c26-11-10-25-20-16(14(8-9-23-20)7-6-13-4-2-1-3-5-13)21(24-25)32-22-19(30)18(29)17(28)15(12-27)31-22/h1-5,8-9,15,17-19,22,26-30H,6-7,10-12H2/t15-,17-,18+,19-,22?/m1/s1. The molecule has 3 heterocycles. The predicted molar refractivity (Wildman–Crippen MR) is 113 cm³/mol. The number of nitrogens with zero attached hydrogens (tertiary/aromatic N) is 3. The van der Waals surface area contributed by atoms with Crippen LogP contribution in [-0.2, 0) is 24.1 Å². The molecule has 1 aliphatic rings. The van der Waals surface area contributed by atoms with Crippen LogP contribution in [0.25, 0.3) is 11.0 Å². The van der Waals surface area contributed by atoms with Crippen molar-refractivity contribution in [3.8, 4) is 5.88 Å². The van der Waals surface area contributed by atoms with Gasteiger partial charge in [0.05, 0.1) is 25.1 Å². The van der Waals surface area contributed by atoms with Crippen LogP contribution >= 0.6 is 0 Å². The maximum absolute atomic E-state index is 10.4. The van der Waals surface area contributed by atoms with Crippen LogP contribution in [0.15, 0.2) is 42.6 Å². The van der Waals surface area contributed by atoms with Gasteiger partial charge in [0, 0.05) is 6.20 Å². The van der Waals surface area contributed by atoms with E-state index in [1.807, 2.05) is 36.4 Å². The summed E-state index contributed by atoms with van der Waals surface area (Å²) in [7, 11) is 0. The Kier molecular flexibility index (Phi) is 6.99. The van der Waals surface area contributed by atoms with E-state index >= 15 is 0 Å². The van der Waals surface area contributed by atoms with Gasteiger partial charge in [-0.1, -0.05) is 30.3 Å². The smallest absolute Gasteiger partial charge is 0.245 e. The van der Waals surface area contributed by atoms with Crippen molar-refractivity contribution in [2.75, 3.05) is 13.2 Å². The van der Waals surface area contributed by atoms with Crippen molar-refractivity contribution in [2.24, 2.45) is 0 Å². The number of benzene rings is 1. The molecule has 172 valence electrons. The number of hydrogen-bond acceptors (Lipinski definition) is 9. The lowest BCUT2D eigenvalue weighted by atomic mass is 9.99. The molecule has 1 fully saturated rings. The van der Waals surface area contributed by atoms with Gasteiger partial charge in [0.1, 0.15) is 24.4 Å². The first-order valence-corrected chi connectivity index (χ1v) is 10.5. The Morgan fingerprint density at radius 1 is 0.969 bits per heavy atom. The lowest BCUT2D eigenvalue weighted by Gasteiger charge is -2.39. The van der Waals surface area contributed by atoms with E-state index in [0.29, 0.717) is 17.5 Å². The molecule has 1 unspecified atom stereocenters. The van der Waals surface area contributed by atoms with E-state index in [2.05, 4.69) is 10.1 Å². The number of aliphatic hydroxyl groups is 5. The van der Waals surface area contributed by atoms with Crippen LogP contribution in [0, 0.1) is 0 Å². The van der Waals surface area contributed by atoms with Crippen LogP contribution in [0.3, 0.4) is 0 Å². The number of aliphatic hydroxyl groups excluding tert-OH is 5. The number of fused-ring (bicyclic) bond motifs is 1. The molecule has 5 N–H and O–H groups in total. The van der Waals surface area contributed by atoms with Gasteiger partial charge in [0.2, 0.25) is 12.2 Å². The van der Waals surface area contributed by atoms with Crippen molar-refractivity contribution < 1.29 is 35.0 Å². The van der Waals surface area contributed by atoms with E-state index in [9.17, 15) is 25.5 Å². The monoisotopic (exact) mass is 445 g/mol. The molecule has 4 rings (SSSR count). The maximum Gasteiger partial charge on any atom is 0.245 e. The Morgan fingerprint density at radius 3 is 2.47 bits per heavy atom. The number of aryl methyl sites for hydroxylation is 2. The molecule has 0 radical (unpaired) electrons. The first-order chi connectivity index (χ1) is 15.5. The third-order valence-electron chi connectivity index (χ3n) is 5.60. The van der Waals surface area contributed by atoms with Crippen LogP contribution in [0.2, 0.25) is 0 Å². The van der Waals surface area contributed by atoms with Crippen LogP contribution in [0.4, 0.5) is 0 Å². The molecule has 1 aliphatic heterocycles. The summed E-state index contributed by atoms with van der Waals surface area (Å²) in [6, 6.07) is 11.8. The highest BCUT2D eigenvalue weighted by atomic mass is 16.7. The average molecular weight is 445 g/mol. The normalized spacial score (nSPS) is 25.8. The van der Waals surface area contributed by atoms with Crippen LogP contribution in [0.1, 0.15) is 11.1 Å². The Balaban J connectivity index is 1.67. The quantitative estimate of drug-likeness (QED) is 0.306. The number of rotatable bonds is 8. The van der Waals surface area contributed by atoms with Gasteiger partial charge in [-0.3, -0.25) is 0 Å². The van der Waals surface area contributed by atoms with Gasteiger partial charge in [0.25, 0.3) is 0 Å². The van der Waals surface area contributed by atoms with Crippen molar-refractivity contribution >= 4 is 11.0 Å². The fourth-order valence-electron chi connectivity index (χ4n) is 3.86. The third kappa shape index (κ3) is 4.46. The Bertz CT molecular complexity index is 1030. The maximum atomic E-state index is 10.4. The van der Waals surface area contributed by atoms with Crippen molar-refractivity contribution in [2.45, 2.75) is 50.1 Å². The highest BCUT2D eigenvalue weighted by molar-refractivity contribution is 5.85. The molecule has 0 bridgehead atoms. The molecule has 0 aliphatic carbocycles. The molecule has 5 atom stereocenters. The molecule has 10 nitrogen and oxygen atoms in total. The number of ether oxygens (including phenoxy) is 2. The number of hydrogen-bond donors (Lipinski definition) is 5. The Labute approximate surface area is 184 Å². The molecule has 10 heteroatoms. The zero-order chi connectivity index (χ0) is 22.7. The molecule has 0 spiro atoms. The lowest BCUT2D eigenvalue weighted by Crippen LogP contribution is -2.60. The van der Waals surface area contributed by atoms with Gasteiger partial charge in [-0.25, -0.2) is 9.67 Å². The molecule has 1 saturated heterocycles. The summed E-state index contributed by atoms with van der Waals surface area (Å²) in [4.78, 5) is 4.38. The minimum atomic E-state index is -1.56. The second kappa shape index (κ2) is 9.90. The fourth-order valence-corrected chi connectivity index (χ4v) is 3.86. The van der Waals surface area contributed by atoms with E-state index in [1.165, 1.54) is 4.68 Å². The SMILES string of the molecule is OCCn1nc(OC2O[C@H](CO)[C@@H](O)[C@H](O)[C@H]2O)c2c(CCc3ccccc3)ccnc21. The van der Waals surface area contributed by atoms with Crippen molar-refractivity contribution in [3.63, 3.8) is 0 Å². The summed E-state index contributed by atoms with van der Waals surface area (Å²) in [6.07, 6.45) is -3.98. The number of aromatic nitrogens is 3. The first-order valence-electron chi connectivity index (χ1n) is 10.5. The molecule has 2 aromatic heterocycles. The van der Waals surface area contributed by atoms with E-state index in [0.717, 1.165) is 17.5 Å². The molecule has 3 aromatic rings. The summed E-state index contributed by atoms with van der Waals surface area (Å²) in [6.45, 7) is -0.537. The Morgan fingerprint density at radius 2 is 1.75 bits per heavy atom. The zero-order valence-electron chi connectivity index (χ0n) is 17.4. The molecular formula is C22H27N3O7. The minimum Gasteiger partial charge on any atom is -0.443 e. The van der Waals surface area contributed by atoms with Crippen LogP contribution < -0.4 is 4.74 Å². The molecular weight excluding hydrogens is 418 g/mol. The average Bonchev–Trinajstić information content (AvgIpc) is 3.16. The topological polar surface area (TPSA) is 150 Å². The Hall–Kier alpha value is -2.60. The van der Waals surface area contributed by atoms with E-state index in [1.54, 1.807) is 6.20 Å².